The molecule has 0 aliphatic heterocycles. The molecule has 0 radical (unpaired) electrons. The molecule has 1 aromatic carbocycles. The molecular weight excluding hydrogens is 193 g/mol. The van der Waals surface area contributed by atoms with E-state index in [-0.39, 0.29) is 5.82 Å². The van der Waals surface area contributed by atoms with Crippen molar-refractivity contribution in [2.75, 3.05) is 19.0 Å². The van der Waals surface area contributed by atoms with E-state index in [1.165, 1.54) is 24.8 Å². The van der Waals surface area contributed by atoms with E-state index in [9.17, 15) is 4.39 Å². The molecule has 1 aromatic rings. The maximum absolute atomic E-state index is 12.9. The van der Waals surface area contributed by atoms with Gasteiger partial charge in [0.15, 0.2) is 0 Å². The average molecular weight is 209 g/mol. The summed E-state index contributed by atoms with van der Waals surface area (Å²) in [6.45, 7) is 4.78. The van der Waals surface area contributed by atoms with E-state index >= 15 is 0 Å². The molecule has 82 valence electrons. The van der Waals surface area contributed by atoms with Crippen molar-refractivity contribution in [3.05, 3.63) is 35.7 Å². The van der Waals surface area contributed by atoms with Crippen LogP contribution in [-0.4, -0.2) is 13.7 Å². The molecule has 0 bridgehead atoms. The number of rotatable bonds is 4. The van der Waals surface area contributed by atoms with Crippen LogP contribution in [0, 0.1) is 5.82 Å². The Morgan fingerprint density at radius 1 is 1.47 bits per heavy atom. The molecular formula is C12H16FNO. The highest BCUT2D eigenvalue weighted by molar-refractivity contribution is 5.56. The standard InChI is InChI=1S/C12H16FNO/c1-9(2)6-7-14-11-5-4-10(13)8-12(11)15-3/h4-6,8,14H,7H2,1-3H3. The first kappa shape index (κ1) is 11.6. The van der Waals surface area contributed by atoms with Crippen LogP contribution in [0.25, 0.3) is 0 Å². The molecule has 0 fully saturated rings. The largest absolute Gasteiger partial charge is 0.494 e. The van der Waals surface area contributed by atoms with Gasteiger partial charge >= 0.3 is 0 Å². The second-order valence-electron chi connectivity index (χ2n) is 3.51. The first-order valence-corrected chi connectivity index (χ1v) is 4.84. The third-order valence-corrected chi connectivity index (χ3v) is 1.97. The highest BCUT2D eigenvalue weighted by Gasteiger charge is 2.02. The van der Waals surface area contributed by atoms with Gasteiger partial charge in [-0.15, -0.1) is 0 Å². The summed E-state index contributed by atoms with van der Waals surface area (Å²) in [5, 5.41) is 3.15. The van der Waals surface area contributed by atoms with E-state index < -0.39 is 0 Å². The third kappa shape index (κ3) is 3.62. The van der Waals surface area contributed by atoms with Gasteiger partial charge < -0.3 is 10.1 Å². The molecule has 0 saturated carbocycles. The Morgan fingerprint density at radius 3 is 2.80 bits per heavy atom. The van der Waals surface area contributed by atoms with Crippen LogP contribution < -0.4 is 10.1 Å². The monoisotopic (exact) mass is 209 g/mol. The van der Waals surface area contributed by atoms with E-state index in [0.29, 0.717) is 12.3 Å². The van der Waals surface area contributed by atoms with E-state index in [4.69, 9.17) is 4.74 Å². The van der Waals surface area contributed by atoms with Crippen molar-refractivity contribution >= 4 is 5.69 Å². The van der Waals surface area contributed by atoms with Gasteiger partial charge in [-0.25, -0.2) is 4.39 Å². The molecule has 15 heavy (non-hydrogen) atoms. The number of benzene rings is 1. The molecule has 0 heterocycles. The number of allylic oxidation sites excluding steroid dienone is 1. The van der Waals surface area contributed by atoms with Crippen molar-refractivity contribution in [3.8, 4) is 5.75 Å². The number of methoxy groups -OCH3 is 1. The zero-order valence-corrected chi connectivity index (χ0v) is 9.30. The fraction of sp³-hybridized carbons (Fsp3) is 0.333. The predicted octanol–water partition coefficient (Wildman–Crippen LogP) is 3.21. The van der Waals surface area contributed by atoms with Gasteiger partial charge in [0.2, 0.25) is 0 Å². The minimum atomic E-state index is -0.292. The molecule has 1 N–H and O–H groups in total. The van der Waals surface area contributed by atoms with E-state index in [0.717, 1.165) is 5.69 Å². The Morgan fingerprint density at radius 2 is 2.20 bits per heavy atom. The molecule has 0 unspecified atom stereocenters. The van der Waals surface area contributed by atoms with E-state index in [1.807, 2.05) is 13.8 Å². The van der Waals surface area contributed by atoms with Gasteiger partial charge in [-0.1, -0.05) is 11.6 Å². The second kappa shape index (κ2) is 5.39. The van der Waals surface area contributed by atoms with Crippen molar-refractivity contribution in [1.82, 2.24) is 0 Å². The van der Waals surface area contributed by atoms with Crippen LogP contribution >= 0.6 is 0 Å². The second-order valence-corrected chi connectivity index (χ2v) is 3.51. The van der Waals surface area contributed by atoms with Crippen LogP contribution in [0.1, 0.15) is 13.8 Å². The maximum Gasteiger partial charge on any atom is 0.144 e. The average Bonchev–Trinajstić information content (AvgIpc) is 2.19. The Labute approximate surface area is 89.8 Å². The van der Waals surface area contributed by atoms with Crippen molar-refractivity contribution in [2.24, 2.45) is 0 Å². The first-order chi connectivity index (χ1) is 7.13. The highest BCUT2D eigenvalue weighted by Crippen LogP contribution is 2.24. The zero-order chi connectivity index (χ0) is 11.3. The smallest absolute Gasteiger partial charge is 0.144 e. The summed E-state index contributed by atoms with van der Waals surface area (Å²) in [6, 6.07) is 4.45. The number of nitrogens with one attached hydrogen (secondary N) is 1. The quantitative estimate of drug-likeness (QED) is 0.769. The molecule has 2 nitrogen and oxygen atoms in total. The van der Waals surface area contributed by atoms with E-state index in [1.54, 1.807) is 6.07 Å². The van der Waals surface area contributed by atoms with Gasteiger partial charge in [-0.05, 0) is 26.0 Å². The summed E-state index contributed by atoms with van der Waals surface area (Å²) < 4.78 is 17.9. The lowest BCUT2D eigenvalue weighted by atomic mass is 10.2. The van der Waals surface area contributed by atoms with Crippen LogP contribution in [0.4, 0.5) is 10.1 Å². The van der Waals surface area contributed by atoms with Crippen LogP contribution in [0.5, 0.6) is 5.75 Å². The summed E-state index contributed by atoms with van der Waals surface area (Å²) in [6.07, 6.45) is 2.06. The molecule has 0 aliphatic rings. The van der Waals surface area contributed by atoms with Crippen molar-refractivity contribution < 1.29 is 9.13 Å². The summed E-state index contributed by atoms with van der Waals surface area (Å²) in [5.41, 5.74) is 2.04. The topological polar surface area (TPSA) is 21.3 Å². The lowest BCUT2D eigenvalue weighted by molar-refractivity contribution is 0.413. The van der Waals surface area contributed by atoms with Gasteiger partial charge in [0, 0.05) is 12.6 Å². The molecule has 0 atom stereocenters. The Bertz CT molecular complexity index is 357. The first-order valence-electron chi connectivity index (χ1n) is 4.84. The summed E-state index contributed by atoms with van der Waals surface area (Å²) >= 11 is 0. The number of hydrogen-bond acceptors (Lipinski definition) is 2. The Kier molecular flexibility index (Phi) is 4.16. The Balaban J connectivity index is 2.72. The molecule has 0 spiro atoms. The number of hydrogen-bond donors (Lipinski definition) is 1. The van der Waals surface area contributed by atoms with E-state index in [2.05, 4.69) is 11.4 Å². The Hall–Kier alpha value is -1.51. The van der Waals surface area contributed by atoms with Gasteiger partial charge in [-0.2, -0.15) is 0 Å². The van der Waals surface area contributed by atoms with Crippen molar-refractivity contribution in [2.45, 2.75) is 13.8 Å². The van der Waals surface area contributed by atoms with Gasteiger partial charge in [0.1, 0.15) is 11.6 Å². The molecule has 0 saturated heterocycles. The number of ether oxygens (including phenoxy) is 1. The minimum Gasteiger partial charge on any atom is -0.494 e. The van der Waals surface area contributed by atoms with Crippen molar-refractivity contribution in [3.63, 3.8) is 0 Å². The molecule has 0 aromatic heterocycles. The summed E-state index contributed by atoms with van der Waals surface area (Å²) in [7, 11) is 1.53. The van der Waals surface area contributed by atoms with Gasteiger partial charge in [0.25, 0.3) is 0 Å². The maximum atomic E-state index is 12.9. The van der Waals surface area contributed by atoms with Crippen LogP contribution in [0.3, 0.4) is 0 Å². The predicted molar refractivity (Wildman–Crippen MR) is 60.9 cm³/mol. The lowest BCUT2D eigenvalue weighted by Crippen LogP contribution is -2.01. The number of halogens is 1. The zero-order valence-electron chi connectivity index (χ0n) is 9.30. The van der Waals surface area contributed by atoms with Crippen LogP contribution in [0.2, 0.25) is 0 Å². The van der Waals surface area contributed by atoms with Gasteiger partial charge in [0.05, 0.1) is 12.8 Å². The SMILES string of the molecule is COc1cc(F)ccc1NCC=C(C)C. The summed E-state index contributed by atoms with van der Waals surface area (Å²) in [5.74, 6) is 0.233. The van der Waals surface area contributed by atoms with Crippen LogP contribution in [0.15, 0.2) is 29.8 Å². The van der Waals surface area contributed by atoms with Crippen molar-refractivity contribution in [1.29, 1.82) is 0 Å². The molecule has 0 aliphatic carbocycles. The molecule has 3 heteroatoms. The fourth-order valence-electron chi connectivity index (χ4n) is 1.18. The molecule has 1 rings (SSSR count). The fourth-order valence-corrected chi connectivity index (χ4v) is 1.18. The highest BCUT2D eigenvalue weighted by atomic mass is 19.1. The number of anilines is 1. The third-order valence-electron chi connectivity index (χ3n) is 1.97. The van der Waals surface area contributed by atoms with Crippen LogP contribution in [-0.2, 0) is 0 Å². The summed E-state index contributed by atoms with van der Waals surface area (Å²) in [4.78, 5) is 0. The van der Waals surface area contributed by atoms with Gasteiger partial charge in [-0.3, -0.25) is 0 Å². The molecule has 0 amide bonds. The lowest BCUT2D eigenvalue weighted by Gasteiger charge is -2.09. The minimum absolute atomic E-state index is 0.292. The normalized spacial score (nSPS) is 9.60.